The normalized spacial score (nSPS) is 12.3. The zero-order chi connectivity index (χ0) is 7.28. The highest BCUT2D eigenvalue weighted by atomic mass is 32.1. The molecule has 1 radical (unpaired) electrons. The molecule has 0 rings (SSSR count). The van der Waals surface area contributed by atoms with Gasteiger partial charge < -0.3 is 0 Å². The first-order valence-corrected chi connectivity index (χ1v) is 2.96. The maximum absolute atomic E-state index is 3.73. The summed E-state index contributed by atoms with van der Waals surface area (Å²) in [7, 11) is 0. The minimum Gasteiger partial charge on any atom is -0.197 e. The first kappa shape index (κ1) is 12.3. The molecule has 0 heterocycles. The second-order valence-electron chi connectivity index (χ2n) is 2.13. The van der Waals surface area contributed by atoms with Crippen molar-refractivity contribution < 1.29 is 0 Å². The van der Waals surface area contributed by atoms with Crippen LogP contribution >= 0.6 is 13.5 Å². The summed E-state index contributed by atoms with van der Waals surface area (Å²) in [6.45, 7) is 11.3. The van der Waals surface area contributed by atoms with Crippen molar-refractivity contribution in [1.29, 1.82) is 0 Å². The van der Waals surface area contributed by atoms with Crippen molar-refractivity contribution >= 4 is 13.5 Å². The highest BCUT2D eigenvalue weighted by Crippen LogP contribution is 1.95. The van der Waals surface area contributed by atoms with E-state index < -0.39 is 0 Å². The molecule has 0 aromatic rings. The van der Waals surface area contributed by atoms with Crippen LogP contribution in [-0.2, 0) is 0 Å². The molecule has 57 valence electrons. The summed E-state index contributed by atoms with van der Waals surface area (Å²) in [5.74, 6) is 0. The van der Waals surface area contributed by atoms with E-state index in [1.165, 1.54) is 0 Å². The van der Waals surface area contributed by atoms with Gasteiger partial charge in [-0.3, -0.25) is 0 Å². The molecule has 0 saturated carbocycles. The number of allylic oxidation sites excluding steroid dienone is 5. The lowest BCUT2D eigenvalue weighted by Gasteiger charge is -1.85. The van der Waals surface area contributed by atoms with Crippen molar-refractivity contribution in [2.75, 3.05) is 0 Å². The Kier molecular flexibility index (Phi) is 8.20. The van der Waals surface area contributed by atoms with Crippen molar-refractivity contribution in [3.63, 3.8) is 0 Å². The number of rotatable bonds is 2. The van der Waals surface area contributed by atoms with E-state index in [9.17, 15) is 0 Å². The Morgan fingerprint density at radius 2 is 1.70 bits per heavy atom. The molecule has 0 saturated heterocycles. The SMILES string of the molecule is S.[CH2]/C(C)=C\C=C(\C)C=C. The fraction of sp³-hybridized carbons (Fsp3) is 0.222. The van der Waals surface area contributed by atoms with Gasteiger partial charge in [0.15, 0.2) is 0 Å². The van der Waals surface area contributed by atoms with E-state index >= 15 is 0 Å². The van der Waals surface area contributed by atoms with Crippen LogP contribution in [0.2, 0.25) is 0 Å². The molecule has 1 heteroatoms. The largest absolute Gasteiger partial charge is 0.197 e. The molecule has 0 nitrogen and oxygen atoms in total. The van der Waals surface area contributed by atoms with Gasteiger partial charge in [0, 0.05) is 0 Å². The maximum Gasteiger partial charge on any atom is -0.0283 e. The van der Waals surface area contributed by atoms with Gasteiger partial charge in [0.1, 0.15) is 0 Å². The van der Waals surface area contributed by atoms with Crippen LogP contribution in [0, 0.1) is 6.92 Å². The lowest BCUT2D eigenvalue weighted by atomic mass is 10.2. The van der Waals surface area contributed by atoms with Gasteiger partial charge in [0.05, 0.1) is 0 Å². The van der Waals surface area contributed by atoms with Crippen LogP contribution < -0.4 is 0 Å². The monoisotopic (exact) mass is 155 g/mol. The van der Waals surface area contributed by atoms with Gasteiger partial charge in [-0.1, -0.05) is 36.0 Å². The standard InChI is InChI=1S/C9H13.H2S/c1-5-9(4)7-6-8(2)3;/h5-7H,1-2H2,3-4H3;1H2/b8-6+,9-7-;. The van der Waals surface area contributed by atoms with Crippen LogP contribution in [0.5, 0.6) is 0 Å². The van der Waals surface area contributed by atoms with E-state index in [0.717, 1.165) is 11.1 Å². The smallest absolute Gasteiger partial charge is 0.0283 e. The summed E-state index contributed by atoms with van der Waals surface area (Å²) in [6.07, 6.45) is 5.78. The van der Waals surface area contributed by atoms with E-state index in [2.05, 4.69) is 13.5 Å². The third-order valence-corrected chi connectivity index (χ3v) is 0.953. The second kappa shape index (κ2) is 6.69. The van der Waals surface area contributed by atoms with Crippen LogP contribution in [-0.4, -0.2) is 0 Å². The number of hydrogen-bond donors (Lipinski definition) is 0. The molecule has 0 unspecified atom stereocenters. The fourth-order valence-corrected chi connectivity index (χ4v) is 0.342. The maximum atomic E-state index is 3.73. The Balaban J connectivity index is 0. The van der Waals surface area contributed by atoms with Gasteiger partial charge in [0.25, 0.3) is 0 Å². The van der Waals surface area contributed by atoms with Crippen molar-refractivity contribution in [1.82, 2.24) is 0 Å². The number of hydrogen-bond acceptors (Lipinski definition) is 0. The first-order chi connectivity index (χ1) is 4.16. The van der Waals surface area contributed by atoms with E-state index in [-0.39, 0.29) is 13.5 Å². The third-order valence-electron chi connectivity index (χ3n) is 0.953. The molecule has 0 amide bonds. The van der Waals surface area contributed by atoms with Crippen LogP contribution in [0.25, 0.3) is 0 Å². The summed E-state index contributed by atoms with van der Waals surface area (Å²) in [5.41, 5.74) is 2.23. The van der Waals surface area contributed by atoms with Crippen molar-refractivity contribution in [2.45, 2.75) is 13.8 Å². The van der Waals surface area contributed by atoms with Gasteiger partial charge in [0.2, 0.25) is 0 Å². The molecule has 0 aromatic carbocycles. The molecule has 0 spiro atoms. The molecule has 0 aromatic heterocycles. The van der Waals surface area contributed by atoms with Gasteiger partial charge in [-0.2, -0.15) is 13.5 Å². The third kappa shape index (κ3) is 7.57. The predicted octanol–water partition coefficient (Wildman–Crippen LogP) is 3.01. The van der Waals surface area contributed by atoms with Crippen LogP contribution in [0.15, 0.2) is 36.0 Å². The summed E-state index contributed by atoms with van der Waals surface area (Å²) >= 11 is 0. The van der Waals surface area contributed by atoms with Gasteiger partial charge in [-0.15, -0.1) is 0 Å². The molecule has 0 aliphatic rings. The van der Waals surface area contributed by atoms with Crippen LogP contribution in [0.3, 0.4) is 0 Å². The second-order valence-corrected chi connectivity index (χ2v) is 2.13. The van der Waals surface area contributed by atoms with E-state index in [1.54, 1.807) is 0 Å². The molecule has 10 heavy (non-hydrogen) atoms. The van der Waals surface area contributed by atoms with Gasteiger partial charge in [-0.05, 0) is 20.8 Å². The first-order valence-electron chi connectivity index (χ1n) is 2.96. The Morgan fingerprint density at radius 1 is 1.20 bits per heavy atom. The summed E-state index contributed by atoms with van der Waals surface area (Å²) in [4.78, 5) is 0. The van der Waals surface area contributed by atoms with Crippen molar-refractivity contribution in [2.24, 2.45) is 0 Å². The average Bonchev–Trinajstić information content (AvgIpc) is 1.83. The zero-order valence-electron chi connectivity index (χ0n) is 6.65. The molecule has 0 bridgehead atoms. The zero-order valence-corrected chi connectivity index (χ0v) is 7.65. The minimum absolute atomic E-state index is 0. The average molecular weight is 155 g/mol. The lowest BCUT2D eigenvalue weighted by Crippen LogP contribution is -1.65. The van der Waals surface area contributed by atoms with Crippen LogP contribution in [0.4, 0.5) is 0 Å². The Bertz CT molecular complexity index is 148. The summed E-state index contributed by atoms with van der Waals surface area (Å²) in [5, 5.41) is 0. The topological polar surface area (TPSA) is 0 Å². The Morgan fingerprint density at radius 3 is 2.00 bits per heavy atom. The fourth-order valence-electron chi connectivity index (χ4n) is 0.342. The lowest BCUT2D eigenvalue weighted by molar-refractivity contribution is 1.48. The molecular formula is C9H15S. The summed E-state index contributed by atoms with van der Waals surface area (Å²) in [6, 6.07) is 0. The van der Waals surface area contributed by atoms with E-state index in [0.29, 0.717) is 0 Å². The predicted molar refractivity (Wildman–Crippen MR) is 53.4 cm³/mol. The van der Waals surface area contributed by atoms with Gasteiger partial charge in [-0.25, -0.2) is 0 Å². The van der Waals surface area contributed by atoms with Crippen molar-refractivity contribution in [3.8, 4) is 0 Å². The molecular weight excluding hydrogens is 140 g/mol. The summed E-state index contributed by atoms with van der Waals surface area (Å²) < 4.78 is 0. The Labute approximate surface area is 70.8 Å². The van der Waals surface area contributed by atoms with Crippen molar-refractivity contribution in [3.05, 3.63) is 42.9 Å². The highest BCUT2D eigenvalue weighted by molar-refractivity contribution is 7.59. The quantitative estimate of drug-likeness (QED) is 0.538. The molecule has 0 atom stereocenters. The van der Waals surface area contributed by atoms with E-state index in [4.69, 9.17) is 0 Å². The molecule has 0 aliphatic heterocycles. The van der Waals surface area contributed by atoms with E-state index in [1.807, 2.05) is 32.1 Å². The molecule has 0 N–H and O–H groups in total. The Hall–Kier alpha value is -0.430. The highest BCUT2D eigenvalue weighted by Gasteiger charge is 1.74. The minimum atomic E-state index is 0. The molecule has 0 aliphatic carbocycles. The van der Waals surface area contributed by atoms with Crippen LogP contribution in [0.1, 0.15) is 13.8 Å². The van der Waals surface area contributed by atoms with Gasteiger partial charge >= 0.3 is 0 Å². The molecule has 0 fully saturated rings.